The number of aryl methyl sites for hydroxylation is 1. The highest BCUT2D eigenvalue weighted by atomic mass is 32.2. The van der Waals surface area contributed by atoms with Crippen molar-refractivity contribution in [3.8, 4) is 0 Å². The van der Waals surface area contributed by atoms with Crippen LogP contribution in [0, 0.1) is 5.92 Å². The maximum Gasteiger partial charge on any atom is 0.276 e. The van der Waals surface area contributed by atoms with Gasteiger partial charge in [0.2, 0.25) is 0 Å². The number of carbonyl (C=O) groups excluding carboxylic acids is 1. The Labute approximate surface area is 158 Å². The second kappa shape index (κ2) is 8.16. The SMILES string of the molecule is CC[C@H]1CCc2sc(C(=O)NNS(=O)(=O)/C=C/c3ccccc3)cc2C1. The van der Waals surface area contributed by atoms with E-state index in [2.05, 4.69) is 17.2 Å². The summed E-state index contributed by atoms with van der Waals surface area (Å²) in [6.07, 6.45) is 5.77. The minimum Gasteiger partial charge on any atom is -0.273 e. The largest absolute Gasteiger partial charge is 0.276 e. The van der Waals surface area contributed by atoms with E-state index in [0.29, 0.717) is 10.8 Å². The summed E-state index contributed by atoms with van der Waals surface area (Å²) in [6.45, 7) is 2.19. The molecule has 26 heavy (non-hydrogen) atoms. The van der Waals surface area contributed by atoms with Crippen molar-refractivity contribution in [3.05, 3.63) is 62.7 Å². The Morgan fingerprint density at radius 1 is 1.31 bits per heavy atom. The van der Waals surface area contributed by atoms with Gasteiger partial charge in [0, 0.05) is 10.3 Å². The van der Waals surface area contributed by atoms with Gasteiger partial charge in [-0.1, -0.05) is 43.7 Å². The monoisotopic (exact) mass is 390 g/mol. The van der Waals surface area contributed by atoms with Gasteiger partial charge < -0.3 is 0 Å². The molecule has 0 aliphatic heterocycles. The molecule has 0 saturated heterocycles. The molecule has 0 spiro atoms. The van der Waals surface area contributed by atoms with Crippen LogP contribution in [0.5, 0.6) is 0 Å². The minimum atomic E-state index is -3.76. The average Bonchev–Trinajstić information content (AvgIpc) is 3.09. The standard InChI is InChI=1S/C19H22N2O3S2/c1-2-14-8-9-17-16(12-14)13-18(25-17)19(22)20-21-26(23,24)11-10-15-6-4-3-5-7-15/h3-7,10-11,13-14,21H,2,8-9,12H2,1H3,(H,20,22)/b11-10+/t14-/m0/s1. The Kier molecular flexibility index (Phi) is 5.90. The van der Waals surface area contributed by atoms with Crippen LogP contribution in [0.3, 0.4) is 0 Å². The van der Waals surface area contributed by atoms with Gasteiger partial charge in [-0.05, 0) is 48.4 Å². The van der Waals surface area contributed by atoms with Crippen LogP contribution in [0.25, 0.3) is 6.08 Å². The summed E-state index contributed by atoms with van der Waals surface area (Å²) in [5, 5.41) is 1.04. The first kappa shape index (κ1) is 18.8. The van der Waals surface area contributed by atoms with Crippen LogP contribution in [0.15, 0.2) is 41.8 Å². The molecule has 1 amide bonds. The lowest BCUT2D eigenvalue weighted by Gasteiger charge is -2.19. The lowest BCUT2D eigenvalue weighted by atomic mass is 9.87. The summed E-state index contributed by atoms with van der Waals surface area (Å²) < 4.78 is 24.0. The van der Waals surface area contributed by atoms with Crippen molar-refractivity contribution in [2.75, 3.05) is 0 Å². The number of hydrogen-bond donors (Lipinski definition) is 2. The lowest BCUT2D eigenvalue weighted by molar-refractivity contribution is 0.0949. The van der Waals surface area contributed by atoms with Gasteiger partial charge in [-0.2, -0.15) is 0 Å². The molecule has 0 unspecified atom stereocenters. The van der Waals surface area contributed by atoms with E-state index >= 15 is 0 Å². The maximum atomic E-state index is 12.3. The van der Waals surface area contributed by atoms with Crippen molar-refractivity contribution >= 4 is 33.3 Å². The molecule has 1 aromatic carbocycles. The Morgan fingerprint density at radius 3 is 2.81 bits per heavy atom. The first-order valence-corrected chi connectivity index (χ1v) is 11.0. The number of hydrazine groups is 1. The van der Waals surface area contributed by atoms with Crippen LogP contribution in [0.2, 0.25) is 0 Å². The van der Waals surface area contributed by atoms with Crippen LogP contribution in [-0.2, 0) is 22.9 Å². The van der Waals surface area contributed by atoms with E-state index in [1.54, 1.807) is 12.1 Å². The van der Waals surface area contributed by atoms with Crippen LogP contribution < -0.4 is 10.3 Å². The number of benzene rings is 1. The molecular weight excluding hydrogens is 368 g/mol. The molecule has 0 radical (unpaired) electrons. The summed E-state index contributed by atoms with van der Waals surface area (Å²) in [5.74, 6) is 0.253. The van der Waals surface area contributed by atoms with Crippen molar-refractivity contribution in [2.45, 2.75) is 32.6 Å². The third-order valence-corrected chi connectivity index (χ3v) is 6.65. The smallest absolute Gasteiger partial charge is 0.273 e. The minimum absolute atomic E-state index is 0.422. The second-order valence-corrected chi connectivity index (χ2v) is 9.09. The number of hydrogen-bond acceptors (Lipinski definition) is 4. The maximum absolute atomic E-state index is 12.3. The normalized spacial score (nSPS) is 17.2. The summed E-state index contributed by atoms with van der Waals surface area (Å²) in [5.41, 5.74) is 4.28. The summed E-state index contributed by atoms with van der Waals surface area (Å²) in [6, 6.07) is 11.0. The highest BCUT2D eigenvalue weighted by Crippen LogP contribution is 2.33. The molecule has 1 heterocycles. The Hall–Kier alpha value is -1.96. The molecule has 7 heteroatoms. The predicted octanol–water partition coefficient (Wildman–Crippen LogP) is 3.50. The summed E-state index contributed by atoms with van der Waals surface area (Å²) >= 11 is 1.45. The van der Waals surface area contributed by atoms with Gasteiger partial charge in [-0.3, -0.25) is 10.2 Å². The molecule has 2 N–H and O–H groups in total. The molecule has 0 bridgehead atoms. The molecule has 0 saturated carbocycles. The van der Waals surface area contributed by atoms with Gasteiger partial charge >= 0.3 is 0 Å². The van der Waals surface area contributed by atoms with E-state index < -0.39 is 15.9 Å². The Balaban J connectivity index is 1.60. The van der Waals surface area contributed by atoms with Crippen LogP contribution in [-0.4, -0.2) is 14.3 Å². The van der Waals surface area contributed by atoms with E-state index in [-0.39, 0.29) is 0 Å². The van der Waals surface area contributed by atoms with Gasteiger partial charge in [0.1, 0.15) is 0 Å². The van der Waals surface area contributed by atoms with Gasteiger partial charge in [-0.25, -0.2) is 8.42 Å². The molecule has 1 aliphatic rings. The molecular formula is C19H22N2O3S2. The number of nitrogens with one attached hydrogen (secondary N) is 2. The number of thiophene rings is 1. The number of amides is 1. The summed E-state index contributed by atoms with van der Waals surface area (Å²) in [7, 11) is -3.76. The number of carbonyl (C=O) groups is 1. The zero-order valence-electron chi connectivity index (χ0n) is 14.6. The summed E-state index contributed by atoms with van der Waals surface area (Å²) in [4.78, 5) is 16.2. The molecule has 3 rings (SSSR count). The van der Waals surface area contributed by atoms with Crippen LogP contribution in [0.1, 0.15) is 45.4 Å². The van der Waals surface area contributed by atoms with E-state index in [4.69, 9.17) is 0 Å². The highest BCUT2D eigenvalue weighted by molar-refractivity contribution is 7.92. The molecule has 2 aromatic rings. The topological polar surface area (TPSA) is 75.3 Å². The van der Waals surface area contributed by atoms with Crippen molar-refractivity contribution < 1.29 is 13.2 Å². The van der Waals surface area contributed by atoms with E-state index in [0.717, 1.165) is 36.7 Å². The van der Waals surface area contributed by atoms with Crippen LogP contribution >= 0.6 is 11.3 Å². The first-order chi connectivity index (χ1) is 12.5. The Morgan fingerprint density at radius 2 is 2.08 bits per heavy atom. The molecule has 1 aliphatic carbocycles. The van der Waals surface area contributed by atoms with Crippen molar-refractivity contribution in [1.29, 1.82) is 0 Å². The first-order valence-electron chi connectivity index (χ1n) is 8.63. The lowest BCUT2D eigenvalue weighted by Crippen LogP contribution is -2.40. The van der Waals surface area contributed by atoms with E-state index in [1.165, 1.54) is 27.9 Å². The quantitative estimate of drug-likeness (QED) is 0.741. The van der Waals surface area contributed by atoms with Crippen molar-refractivity contribution in [1.82, 2.24) is 10.3 Å². The van der Waals surface area contributed by atoms with Gasteiger partial charge in [0.05, 0.1) is 4.88 Å². The third-order valence-electron chi connectivity index (χ3n) is 4.53. The predicted molar refractivity (Wildman–Crippen MR) is 105 cm³/mol. The third kappa shape index (κ3) is 4.81. The zero-order valence-corrected chi connectivity index (χ0v) is 16.2. The van der Waals surface area contributed by atoms with Crippen molar-refractivity contribution in [3.63, 3.8) is 0 Å². The van der Waals surface area contributed by atoms with Gasteiger partial charge in [0.15, 0.2) is 0 Å². The fraction of sp³-hybridized carbons (Fsp3) is 0.316. The van der Waals surface area contributed by atoms with E-state index in [1.807, 2.05) is 24.3 Å². The molecule has 1 aromatic heterocycles. The van der Waals surface area contributed by atoms with Crippen molar-refractivity contribution in [2.24, 2.45) is 5.92 Å². The zero-order chi connectivity index (χ0) is 18.6. The second-order valence-electron chi connectivity index (χ2n) is 6.39. The molecule has 5 nitrogen and oxygen atoms in total. The van der Waals surface area contributed by atoms with Crippen LogP contribution in [0.4, 0.5) is 0 Å². The highest BCUT2D eigenvalue weighted by Gasteiger charge is 2.22. The molecule has 0 fully saturated rings. The average molecular weight is 391 g/mol. The van der Waals surface area contributed by atoms with Gasteiger partial charge in [-0.15, -0.1) is 16.2 Å². The number of sulfonamides is 1. The number of fused-ring (bicyclic) bond motifs is 1. The Bertz CT molecular complexity index is 902. The molecule has 1 atom stereocenters. The fourth-order valence-corrected chi connectivity index (χ4v) is 4.75. The fourth-order valence-electron chi connectivity index (χ4n) is 3.00. The van der Waals surface area contributed by atoms with Gasteiger partial charge in [0.25, 0.3) is 15.9 Å². The molecule has 138 valence electrons. The number of rotatable bonds is 6. The van der Waals surface area contributed by atoms with E-state index in [9.17, 15) is 13.2 Å².